The Morgan fingerprint density at radius 2 is 1.74 bits per heavy atom. The lowest BCUT2D eigenvalue weighted by molar-refractivity contribution is -0.137. The number of nitrogens with one attached hydrogen (secondary N) is 2. The van der Waals surface area contributed by atoms with Crippen molar-refractivity contribution in [3.63, 3.8) is 0 Å². The van der Waals surface area contributed by atoms with Crippen molar-refractivity contribution in [3.8, 4) is 0 Å². The number of benzene rings is 2. The molecular weight excluding hydrogens is 404 g/mol. The smallest absolute Gasteiger partial charge is 0.323 e. The van der Waals surface area contributed by atoms with Crippen LogP contribution in [0.25, 0.3) is 10.9 Å². The van der Waals surface area contributed by atoms with Gasteiger partial charge in [-0.2, -0.15) is 13.2 Å². The summed E-state index contributed by atoms with van der Waals surface area (Å²) >= 11 is 12.0. The van der Waals surface area contributed by atoms with Gasteiger partial charge in [-0.3, -0.25) is 15.6 Å². The average Bonchev–Trinajstić information content (AvgIpc) is 2.60. The van der Waals surface area contributed by atoms with E-state index in [0.717, 1.165) is 12.1 Å². The first-order chi connectivity index (χ1) is 12.7. The number of hydrazine groups is 1. The quantitative estimate of drug-likeness (QED) is 0.411. The van der Waals surface area contributed by atoms with Gasteiger partial charge in [0.15, 0.2) is 0 Å². The Morgan fingerprint density at radius 3 is 2.33 bits per heavy atom. The number of alkyl halides is 3. The third kappa shape index (κ3) is 3.78. The Balaban J connectivity index is 2.17. The van der Waals surface area contributed by atoms with Crippen molar-refractivity contribution in [2.24, 2.45) is 5.84 Å². The molecule has 140 valence electrons. The van der Waals surface area contributed by atoms with Gasteiger partial charge in [0.05, 0.1) is 38.1 Å². The van der Waals surface area contributed by atoms with Crippen LogP contribution in [0.5, 0.6) is 0 Å². The van der Waals surface area contributed by atoms with Crippen molar-refractivity contribution in [2.75, 3.05) is 10.7 Å². The van der Waals surface area contributed by atoms with Crippen LogP contribution < -0.4 is 16.6 Å². The van der Waals surface area contributed by atoms with E-state index in [1.165, 1.54) is 24.4 Å². The first-order valence-corrected chi connectivity index (χ1v) is 8.20. The molecule has 2 aromatic carbocycles. The Bertz CT molecular complexity index is 1020. The van der Waals surface area contributed by atoms with Crippen LogP contribution in [0.2, 0.25) is 10.0 Å². The fourth-order valence-electron chi connectivity index (χ4n) is 2.54. The van der Waals surface area contributed by atoms with Crippen LogP contribution >= 0.6 is 23.2 Å². The van der Waals surface area contributed by atoms with Crippen molar-refractivity contribution in [2.45, 2.75) is 6.18 Å². The molecule has 0 atom stereocenters. The van der Waals surface area contributed by atoms with Crippen molar-refractivity contribution in [1.82, 2.24) is 4.98 Å². The molecule has 0 aliphatic rings. The minimum atomic E-state index is -4.64. The van der Waals surface area contributed by atoms with Gasteiger partial charge in [0.2, 0.25) is 0 Å². The van der Waals surface area contributed by atoms with Crippen LogP contribution in [0.4, 0.5) is 24.5 Å². The highest BCUT2D eigenvalue weighted by Gasteiger charge is 2.32. The molecule has 0 aliphatic carbocycles. The maximum Gasteiger partial charge on any atom is 0.416 e. The van der Waals surface area contributed by atoms with E-state index < -0.39 is 17.6 Å². The van der Waals surface area contributed by atoms with E-state index in [-0.39, 0.29) is 37.9 Å². The largest absolute Gasteiger partial charge is 0.416 e. The van der Waals surface area contributed by atoms with Gasteiger partial charge in [0.25, 0.3) is 5.91 Å². The maximum absolute atomic E-state index is 13.3. The van der Waals surface area contributed by atoms with E-state index in [9.17, 15) is 18.0 Å². The van der Waals surface area contributed by atoms with Crippen molar-refractivity contribution >= 4 is 51.4 Å². The van der Waals surface area contributed by atoms with Crippen LogP contribution in [-0.2, 0) is 6.18 Å². The number of nitrogen functional groups attached to an aromatic ring is 1. The van der Waals surface area contributed by atoms with E-state index in [2.05, 4.69) is 15.7 Å². The summed E-state index contributed by atoms with van der Waals surface area (Å²) in [5.74, 6) is 4.61. The average molecular weight is 415 g/mol. The SMILES string of the molecule is NNc1ccnc2c(NC(=O)c3c(Cl)cccc3Cl)cc(C(F)(F)F)cc12. The molecule has 0 saturated carbocycles. The summed E-state index contributed by atoms with van der Waals surface area (Å²) in [5.41, 5.74) is 1.47. The fourth-order valence-corrected chi connectivity index (χ4v) is 3.11. The summed E-state index contributed by atoms with van der Waals surface area (Å²) in [7, 11) is 0. The zero-order valence-electron chi connectivity index (χ0n) is 13.4. The summed E-state index contributed by atoms with van der Waals surface area (Å²) in [4.78, 5) is 16.6. The second-order valence-corrected chi connectivity index (χ2v) is 6.29. The van der Waals surface area contributed by atoms with Gasteiger partial charge in [0.1, 0.15) is 0 Å². The lowest BCUT2D eigenvalue weighted by Gasteiger charge is -2.15. The standard InChI is InChI=1S/C17H11Cl2F3N4O/c18-10-2-1-3-11(19)14(10)16(27)25-13-7-8(17(20,21)22)6-9-12(26-23)4-5-24-15(9)13/h1-7H,23H2,(H,24,26)(H,25,27). The van der Waals surface area contributed by atoms with Crippen molar-refractivity contribution in [1.29, 1.82) is 0 Å². The van der Waals surface area contributed by atoms with Gasteiger partial charge in [-0.15, -0.1) is 0 Å². The van der Waals surface area contributed by atoms with E-state index in [1.807, 2.05) is 0 Å². The zero-order valence-corrected chi connectivity index (χ0v) is 14.9. The number of hydrogen-bond acceptors (Lipinski definition) is 4. The second-order valence-electron chi connectivity index (χ2n) is 5.47. The normalized spacial score (nSPS) is 11.5. The fraction of sp³-hybridized carbons (Fsp3) is 0.0588. The maximum atomic E-state index is 13.3. The van der Waals surface area contributed by atoms with Crippen LogP contribution in [0.15, 0.2) is 42.6 Å². The molecular formula is C17H11Cl2F3N4O. The van der Waals surface area contributed by atoms with Crippen LogP contribution in [0, 0.1) is 0 Å². The zero-order chi connectivity index (χ0) is 19.8. The van der Waals surface area contributed by atoms with Crippen LogP contribution in [0.3, 0.4) is 0 Å². The highest BCUT2D eigenvalue weighted by atomic mass is 35.5. The number of amides is 1. The Labute approximate surface area is 161 Å². The van der Waals surface area contributed by atoms with E-state index >= 15 is 0 Å². The summed E-state index contributed by atoms with van der Waals surface area (Å²) in [6, 6.07) is 7.54. The molecule has 27 heavy (non-hydrogen) atoms. The Kier molecular flexibility index (Phi) is 5.14. The molecule has 0 bridgehead atoms. The molecule has 3 rings (SSSR count). The molecule has 4 N–H and O–H groups in total. The Hall–Kier alpha value is -2.55. The first-order valence-electron chi connectivity index (χ1n) is 7.44. The number of carbonyl (C=O) groups excluding carboxylic acids is 1. The highest BCUT2D eigenvalue weighted by Crippen LogP contribution is 2.37. The lowest BCUT2D eigenvalue weighted by atomic mass is 10.1. The third-order valence-electron chi connectivity index (χ3n) is 3.77. The molecule has 0 spiro atoms. The van der Waals surface area contributed by atoms with E-state index in [0.29, 0.717) is 0 Å². The number of rotatable bonds is 3. The molecule has 5 nitrogen and oxygen atoms in total. The minimum absolute atomic E-state index is 0.0560. The molecule has 0 fully saturated rings. The molecule has 0 unspecified atom stereocenters. The number of anilines is 2. The molecule has 1 amide bonds. The topological polar surface area (TPSA) is 80.0 Å². The molecule has 1 heterocycles. The minimum Gasteiger partial charge on any atom is -0.323 e. The number of aromatic nitrogens is 1. The van der Waals surface area contributed by atoms with Gasteiger partial charge >= 0.3 is 6.18 Å². The molecule has 0 saturated heterocycles. The number of pyridine rings is 1. The number of nitrogens with two attached hydrogens (primary N) is 1. The number of hydrogen-bond donors (Lipinski definition) is 3. The lowest BCUT2D eigenvalue weighted by Crippen LogP contribution is -2.15. The van der Waals surface area contributed by atoms with Gasteiger partial charge in [0, 0.05) is 11.6 Å². The molecule has 0 radical (unpaired) electrons. The summed E-state index contributed by atoms with van der Waals surface area (Å²) in [6.07, 6.45) is -3.29. The van der Waals surface area contributed by atoms with Gasteiger partial charge < -0.3 is 10.7 Å². The first kappa shape index (κ1) is 19.2. The van der Waals surface area contributed by atoms with Gasteiger partial charge in [-0.05, 0) is 30.3 Å². The molecule has 10 heteroatoms. The van der Waals surface area contributed by atoms with Crippen LogP contribution in [-0.4, -0.2) is 10.9 Å². The highest BCUT2D eigenvalue weighted by molar-refractivity contribution is 6.40. The van der Waals surface area contributed by atoms with E-state index in [4.69, 9.17) is 29.0 Å². The number of carbonyl (C=O) groups is 1. The van der Waals surface area contributed by atoms with E-state index in [1.54, 1.807) is 6.07 Å². The van der Waals surface area contributed by atoms with Crippen molar-refractivity contribution < 1.29 is 18.0 Å². The third-order valence-corrected chi connectivity index (χ3v) is 4.40. The second kappa shape index (κ2) is 7.22. The van der Waals surface area contributed by atoms with Crippen LogP contribution in [0.1, 0.15) is 15.9 Å². The Morgan fingerprint density at radius 1 is 1.07 bits per heavy atom. The van der Waals surface area contributed by atoms with Gasteiger partial charge in [-0.1, -0.05) is 29.3 Å². The van der Waals surface area contributed by atoms with Crippen molar-refractivity contribution in [3.05, 3.63) is 63.8 Å². The molecule has 0 aliphatic heterocycles. The monoisotopic (exact) mass is 414 g/mol. The number of fused-ring (bicyclic) bond motifs is 1. The molecule has 3 aromatic rings. The van der Waals surface area contributed by atoms with Gasteiger partial charge in [-0.25, -0.2) is 0 Å². The number of nitrogens with zero attached hydrogens (tertiary/aromatic N) is 1. The summed E-state index contributed by atoms with van der Waals surface area (Å²) in [6.45, 7) is 0. The molecule has 1 aromatic heterocycles. The predicted octanol–water partition coefficient (Wildman–Crippen LogP) is 5.10. The summed E-state index contributed by atoms with van der Waals surface area (Å²) in [5, 5.41) is 2.63. The summed E-state index contributed by atoms with van der Waals surface area (Å²) < 4.78 is 39.9. The predicted molar refractivity (Wildman–Crippen MR) is 99.0 cm³/mol. The number of halogens is 5.